The number of aromatic nitrogens is 2. The van der Waals surface area contributed by atoms with Gasteiger partial charge in [-0.3, -0.25) is 0 Å². The lowest BCUT2D eigenvalue weighted by molar-refractivity contribution is 0.331. The molecule has 0 aliphatic rings. The number of fused-ring (bicyclic) bond motifs is 8. The van der Waals surface area contributed by atoms with Crippen LogP contribution in [-0.4, -0.2) is 48.1 Å². The Morgan fingerprint density at radius 1 is 0.457 bits per heavy atom. The molecule has 0 radical (unpaired) electrons. The number of hydrogen-bond acceptors (Lipinski definition) is 5. The van der Waals surface area contributed by atoms with E-state index >= 15 is 0 Å². The third-order valence-electron chi connectivity index (χ3n) is 9.19. The summed E-state index contributed by atoms with van der Waals surface area (Å²) in [5.41, 5.74) is 6.55. The van der Waals surface area contributed by atoms with E-state index in [-0.39, 0.29) is 0 Å². The molecule has 0 spiro atoms. The Morgan fingerprint density at radius 2 is 0.870 bits per heavy atom. The Labute approximate surface area is 268 Å². The number of anilines is 2. The van der Waals surface area contributed by atoms with Crippen LogP contribution < -0.4 is 10.6 Å². The summed E-state index contributed by atoms with van der Waals surface area (Å²) in [7, 11) is 2.23. The molecule has 0 saturated heterocycles. The fourth-order valence-electron chi connectivity index (χ4n) is 6.87. The van der Waals surface area contributed by atoms with Gasteiger partial charge in [0.2, 0.25) is 0 Å². The second-order valence-corrected chi connectivity index (χ2v) is 12.2. The van der Waals surface area contributed by atoms with Crippen LogP contribution in [0.25, 0.3) is 65.2 Å². The first kappa shape index (κ1) is 28.2. The summed E-state index contributed by atoms with van der Waals surface area (Å²) in [6.07, 6.45) is 2.12. The SMILES string of the molecule is CN(CCCNc1c2ccccc2nc2c1ccc1ccccc12)CCCNc1c2ccccc2nc2c1ccc1ccccc12. The van der Waals surface area contributed by atoms with Crippen molar-refractivity contribution in [2.45, 2.75) is 12.8 Å². The highest BCUT2D eigenvalue weighted by molar-refractivity contribution is 6.17. The molecule has 0 aliphatic carbocycles. The molecule has 6 aromatic carbocycles. The maximum atomic E-state index is 5.08. The standard InChI is InChI=1S/C41H37N5/c1-46(26-10-24-42-38-32-16-6-8-18-36(32)44-40-30-14-4-2-12-28(30)20-22-34(38)40)27-11-25-43-39-33-17-7-9-19-37(33)45-41-31-15-5-3-13-29(31)21-23-35(39)41/h2-9,12-23H,10-11,24-27H2,1H3,(H,42,44)(H,43,45). The Balaban J connectivity index is 0.922. The van der Waals surface area contributed by atoms with Gasteiger partial charge in [-0.25, -0.2) is 9.97 Å². The Kier molecular flexibility index (Phi) is 7.53. The molecule has 0 aliphatic heterocycles. The molecule has 0 fully saturated rings. The highest BCUT2D eigenvalue weighted by atomic mass is 15.1. The molecule has 5 nitrogen and oxygen atoms in total. The van der Waals surface area contributed by atoms with Crippen molar-refractivity contribution in [1.29, 1.82) is 0 Å². The monoisotopic (exact) mass is 599 g/mol. The average molecular weight is 600 g/mol. The van der Waals surface area contributed by atoms with Crippen LogP contribution in [0.2, 0.25) is 0 Å². The van der Waals surface area contributed by atoms with Crippen LogP contribution in [-0.2, 0) is 0 Å². The molecule has 0 bridgehead atoms. The molecule has 5 heteroatoms. The summed E-state index contributed by atoms with van der Waals surface area (Å²) in [5, 5.41) is 17.2. The first-order valence-corrected chi connectivity index (χ1v) is 16.3. The minimum Gasteiger partial charge on any atom is -0.384 e. The molecule has 0 saturated carbocycles. The largest absolute Gasteiger partial charge is 0.384 e. The summed E-state index contributed by atoms with van der Waals surface area (Å²) in [6.45, 7) is 3.87. The quantitative estimate of drug-likeness (QED) is 0.0931. The molecule has 46 heavy (non-hydrogen) atoms. The van der Waals surface area contributed by atoms with Crippen LogP contribution in [0.3, 0.4) is 0 Å². The van der Waals surface area contributed by atoms with Gasteiger partial charge in [0.1, 0.15) is 0 Å². The second-order valence-electron chi connectivity index (χ2n) is 12.2. The molecule has 2 heterocycles. The van der Waals surface area contributed by atoms with E-state index in [1.54, 1.807) is 0 Å². The van der Waals surface area contributed by atoms with Crippen LogP contribution >= 0.6 is 0 Å². The van der Waals surface area contributed by atoms with Crippen LogP contribution in [0, 0.1) is 0 Å². The van der Waals surface area contributed by atoms with Gasteiger partial charge in [0.15, 0.2) is 0 Å². The number of pyridine rings is 2. The molecule has 2 N–H and O–H groups in total. The van der Waals surface area contributed by atoms with Crippen LogP contribution in [0.15, 0.2) is 121 Å². The van der Waals surface area contributed by atoms with E-state index in [1.165, 1.54) is 54.5 Å². The van der Waals surface area contributed by atoms with Crippen molar-refractivity contribution >= 4 is 76.5 Å². The van der Waals surface area contributed by atoms with Gasteiger partial charge in [0.05, 0.1) is 33.4 Å². The van der Waals surface area contributed by atoms with Gasteiger partial charge in [-0.1, -0.05) is 109 Å². The van der Waals surface area contributed by atoms with E-state index in [4.69, 9.17) is 9.97 Å². The first-order valence-electron chi connectivity index (χ1n) is 16.3. The molecule has 0 atom stereocenters. The predicted octanol–water partition coefficient (Wildman–Crippen LogP) is 9.63. The van der Waals surface area contributed by atoms with Gasteiger partial charge in [-0.15, -0.1) is 0 Å². The summed E-state index contributed by atoms with van der Waals surface area (Å²) < 4.78 is 0. The van der Waals surface area contributed by atoms with Crippen molar-refractivity contribution in [3.05, 3.63) is 121 Å². The molecule has 0 unspecified atom stereocenters. The molecular weight excluding hydrogens is 562 g/mol. The van der Waals surface area contributed by atoms with Gasteiger partial charge in [-0.2, -0.15) is 0 Å². The molecule has 0 amide bonds. The highest BCUT2D eigenvalue weighted by Gasteiger charge is 2.13. The van der Waals surface area contributed by atoms with E-state index in [0.29, 0.717) is 0 Å². The minimum atomic E-state index is 0.904. The van der Waals surface area contributed by atoms with Crippen molar-refractivity contribution in [3.63, 3.8) is 0 Å². The number of para-hydroxylation sites is 2. The van der Waals surface area contributed by atoms with Crippen LogP contribution in [0.4, 0.5) is 11.4 Å². The molecule has 226 valence electrons. The van der Waals surface area contributed by atoms with Crippen molar-refractivity contribution < 1.29 is 0 Å². The summed E-state index contributed by atoms with van der Waals surface area (Å²) >= 11 is 0. The number of benzene rings is 6. The number of nitrogens with one attached hydrogen (secondary N) is 2. The number of rotatable bonds is 10. The lowest BCUT2D eigenvalue weighted by atomic mass is 10.0. The van der Waals surface area contributed by atoms with Crippen molar-refractivity contribution in [1.82, 2.24) is 14.9 Å². The van der Waals surface area contributed by atoms with E-state index < -0.39 is 0 Å². The lowest BCUT2D eigenvalue weighted by Gasteiger charge is -2.19. The zero-order valence-corrected chi connectivity index (χ0v) is 26.1. The third kappa shape index (κ3) is 5.23. The van der Waals surface area contributed by atoms with Crippen molar-refractivity contribution in [2.24, 2.45) is 0 Å². The molecule has 8 aromatic rings. The Morgan fingerprint density at radius 3 is 1.35 bits per heavy atom. The summed E-state index contributed by atoms with van der Waals surface area (Å²) in [5.74, 6) is 0. The van der Waals surface area contributed by atoms with Gasteiger partial charge >= 0.3 is 0 Å². The maximum Gasteiger partial charge on any atom is 0.0808 e. The van der Waals surface area contributed by atoms with Crippen LogP contribution in [0.5, 0.6) is 0 Å². The zero-order chi connectivity index (χ0) is 30.9. The number of hydrogen-bond donors (Lipinski definition) is 2. The van der Waals surface area contributed by atoms with Crippen molar-refractivity contribution in [2.75, 3.05) is 43.9 Å². The topological polar surface area (TPSA) is 53.1 Å². The fourth-order valence-corrected chi connectivity index (χ4v) is 6.87. The van der Waals surface area contributed by atoms with Crippen LogP contribution in [0.1, 0.15) is 12.8 Å². The van der Waals surface area contributed by atoms with Gasteiger partial charge < -0.3 is 15.5 Å². The Bertz CT molecular complexity index is 2200. The first-order chi connectivity index (χ1) is 22.7. The molecule has 8 rings (SSSR count). The van der Waals surface area contributed by atoms with E-state index in [0.717, 1.165) is 61.1 Å². The van der Waals surface area contributed by atoms with E-state index in [9.17, 15) is 0 Å². The third-order valence-corrected chi connectivity index (χ3v) is 9.19. The highest BCUT2D eigenvalue weighted by Crippen LogP contribution is 2.36. The van der Waals surface area contributed by atoms with Gasteiger partial charge in [-0.05, 0) is 55.9 Å². The van der Waals surface area contributed by atoms with Crippen molar-refractivity contribution in [3.8, 4) is 0 Å². The smallest absolute Gasteiger partial charge is 0.0808 e. The van der Waals surface area contributed by atoms with Gasteiger partial charge in [0.25, 0.3) is 0 Å². The fraction of sp³-hybridized carbons (Fsp3) is 0.171. The average Bonchev–Trinajstić information content (AvgIpc) is 3.11. The minimum absolute atomic E-state index is 0.904. The summed E-state index contributed by atoms with van der Waals surface area (Å²) in [4.78, 5) is 12.6. The van der Waals surface area contributed by atoms with E-state index in [2.05, 4.69) is 144 Å². The second kappa shape index (κ2) is 12.3. The molecular formula is C41H37N5. The predicted molar refractivity (Wildman–Crippen MR) is 197 cm³/mol. The van der Waals surface area contributed by atoms with E-state index in [1.807, 2.05) is 0 Å². The Hall–Kier alpha value is -5.26. The normalized spacial score (nSPS) is 11.9. The maximum absolute atomic E-state index is 5.08. The zero-order valence-electron chi connectivity index (χ0n) is 26.1. The molecule has 2 aromatic heterocycles. The van der Waals surface area contributed by atoms with Gasteiger partial charge in [0, 0.05) is 45.4 Å². The number of nitrogens with zero attached hydrogens (tertiary/aromatic N) is 3. The summed E-state index contributed by atoms with van der Waals surface area (Å²) in [6, 6.07) is 42.8. The lowest BCUT2D eigenvalue weighted by Crippen LogP contribution is -2.24.